The van der Waals surface area contributed by atoms with Gasteiger partial charge < -0.3 is 18.8 Å². The minimum atomic E-state index is -0.256. The van der Waals surface area contributed by atoms with Gasteiger partial charge in [-0.15, -0.1) is 0 Å². The summed E-state index contributed by atoms with van der Waals surface area (Å²) in [5.74, 6) is 1.50. The zero-order chi connectivity index (χ0) is 16.9. The van der Waals surface area contributed by atoms with Crippen molar-refractivity contribution in [2.45, 2.75) is 13.8 Å². The molecule has 24 heavy (non-hydrogen) atoms. The van der Waals surface area contributed by atoms with Gasteiger partial charge in [-0.05, 0) is 48.6 Å². The Bertz CT molecular complexity index is 661. The number of benzene rings is 2. The molecule has 1 heterocycles. The van der Waals surface area contributed by atoms with Gasteiger partial charge in [-0.25, -0.2) is 0 Å². The maximum absolute atomic E-state index is 6.22. The summed E-state index contributed by atoms with van der Waals surface area (Å²) in [4.78, 5) is 0. The molecule has 0 N–H and O–H groups in total. The van der Waals surface area contributed by atoms with E-state index in [1.165, 1.54) is 0 Å². The van der Waals surface area contributed by atoms with E-state index < -0.39 is 0 Å². The topological polar surface area (TPSA) is 36.9 Å². The fourth-order valence-corrected chi connectivity index (χ4v) is 3.04. The molecule has 0 amide bonds. The van der Waals surface area contributed by atoms with Crippen molar-refractivity contribution in [2.24, 2.45) is 0 Å². The van der Waals surface area contributed by atoms with Crippen LogP contribution in [-0.4, -0.2) is 33.5 Å². The lowest BCUT2D eigenvalue weighted by molar-refractivity contribution is 0.216. The Balaban J connectivity index is 1.48. The second-order valence-electron chi connectivity index (χ2n) is 5.73. The average Bonchev–Trinajstić information content (AvgIpc) is 3.08. The third kappa shape index (κ3) is 4.23. The molecule has 126 valence electrons. The first kappa shape index (κ1) is 17.1. The van der Waals surface area contributed by atoms with E-state index in [0.29, 0.717) is 31.5 Å². The molecular weight excluding hydrogens is 326 g/mol. The lowest BCUT2D eigenvalue weighted by atomic mass is 9.79. The van der Waals surface area contributed by atoms with E-state index in [1.807, 2.05) is 50.2 Å². The molecule has 6 heteroatoms. The van der Waals surface area contributed by atoms with Gasteiger partial charge in [-0.1, -0.05) is 29.8 Å². The predicted octanol–water partition coefficient (Wildman–Crippen LogP) is 3.16. The molecule has 0 aromatic heterocycles. The summed E-state index contributed by atoms with van der Waals surface area (Å²) in [5.41, 5.74) is 3.15. The Hall–Kier alpha value is -1.69. The molecule has 0 bridgehead atoms. The van der Waals surface area contributed by atoms with Crippen molar-refractivity contribution in [1.29, 1.82) is 0 Å². The molecule has 1 aliphatic heterocycles. The normalized spacial score (nSPS) is 14.0. The Morgan fingerprint density at radius 1 is 1.00 bits per heavy atom. The van der Waals surface area contributed by atoms with E-state index in [2.05, 4.69) is 0 Å². The van der Waals surface area contributed by atoms with E-state index in [1.54, 1.807) is 0 Å². The fraction of sp³-hybridized carbons (Fsp3) is 0.333. The fourth-order valence-electron chi connectivity index (χ4n) is 2.66. The van der Waals surface area contributed by atoms with Crippen LogP contribution in [0.5, 0.6) is 11.5 Å². The third-order valence-electron chi connectivity index (χ3n) is 3.75. The minimum absolute atomic E-state index is 0.256. The van der Waals surface area contributed by atoms with Gasteiger partial charge in [0.05, 0.1) is 18.2 Å². The van der Waals surface area contributed by atoms with Crippen LogP contribution >= 0.6 is 11.6 Å². The third-order valence-corrected chi connectivity index (χ3v) is 4.03. The van der Waals surface area contributed by atoms with Crippen LogP contribution in [0.1, 0.15) is 11.1 Å². The van der Waals surface area contributed by atoms with Crippen LogP contribution in [0.3, 0.4) is 0 Å². The maximum atomic E-state index is 6.22. The number of halogens is 1. The zero-order valence-electron chi connectivity index (χ0n) is 13.9. The molecule has 2 aromatic carbocycles. The SMILES string of the molecule is Cc1cc(C)c(OCCOc2ccc(B3OCCO3)cc2)c(Cl)c1. The van der Waals surface area contributed by atoms with Crippen molar-refractivity contribution in [3.05, 3.63) is 52.5 Å². The van der Waals surface area contributed by atoms with E-state index >= 15 is 0 Å². The summed E-state index contributed by atoms with van der Waals surface area (Å²) < 4.78 is 22.4. The molecule has 0 aliphatic carbocycles. The second kappa shape index (κ2) is 7.93. The summed E-state index contributed by atoms with van der Waals surface area (Å²) in [5, 5.41) is 0.633. The van der Waals surface area contributed by atoms with Gasteiger partial charge in [0, 0.05) is 0 Å². The van der Waals surface area contributed by atoms with Gasteiger partial charge in [0.2, 0.25) is 0 Å². The highest BCUT2D eigenvalue weighted by Crippen LogP contribution is 2.29. The first-order chi connectivity index (χ1) is 11.6. The van der Waals surface area contributed by atoms with Crippen molar-refractivity contribution >= 4 is 24.2 Å². The number of aryl methyl sites for hydroxylation is 2. The zero-order valence-corrected chi connectivity index (χ0v) is 14.6. The predicted molar refractivity (Wildman–Crippen MR) is 95.7 cm³/mol. The van der Waals surface area contributed by atoms with Gasteiger partial charge in [-0.2, -0.15) is 0 Å². The van der Waals surface area contributed by atoms with E-state index in [-0.39, 0.29) is 7.12 Å². The standard InChI is InChI=1S/C18H20BClO4/c1-13-11-14(2)18(17(20)12-13)22-8-7-21-16-5-3-15(4-6-16)19-23-9-10-24-19/h3-6,11-12H,7-10H2,1-2H3. The van der Waals surface area contributed by atoms with Crippen molar-refractivity contribution in [2.75, 3.05) is 26.4 Å². The Morgan fingerprint density at radius 2 is 1.67 bits per heavy atom. The minimum Gasteiger partial charge on any atom is -0.490 e. The number of hydrogen-bond acceptors (Lipinski definition) is 4. The van der Waals surface area contributed by atoms with Crippen LogP contribution < -0.4 is 14.9 Å². The summed E-state index contributed by atoms with van der Waals surface area (Å²) in [6.07, 6.45) is 0. The van der Waals surface area contributed by atoms with Crippen molar-refractivity contribution in [1.82, 2.24) is 0 Å². The molecule has 0 unspecified atom stereocenters. The molecule has 4 nitrogen and oxygen atoms in total. The van der Waals surface area contributed by atoms with E-state index in [0.717, 1.165) is 28.1 Å². The van der Waals surface area contributed by atoms with Crippen LogP contribution in [0.25, 0.3) is 0 Å². The Labute approximate surface area is 147 Å². The highest BCUT2D eigenvalue weighted by molar-refractivity contribution is 6.61. The van der Waals surface area contributed by atoms with Crippen LogP contribution in [0.2, 0.25) is 5.02 Å². The van der Waals surface area contributed by atoms with Crippen molar-refractivity contribution in [3.8, 4) is 11.5 Å². The molecule has 2 aromatic rings. The molecular formula is C18H20BClO4. The van der Waals surface area contributed by atoms with Crippen molar-refractivity contribution < 1.29 is 18.8 Å². The van der Waals surface area contributed by atoms with Crippen LogP contribution in [0.15, 0.2) is 36.4 Å². The van der Waals surface area contributed by atoms with Gasteiger partial charge in [0.1, 0.15) is 24.7 Å². The van der Waals surface area contributed by atoms with Crippen molar-refractivity contribution in [3.63, 3.8) is 0 Å². The molecule has 1 fully saturated rings. The van der Waals surface area contributed by atoms with Crippen LogP contribution in [0, 0.1) is 13.8 Å². The molecule has 3 rings (SSSR count). The maximum Gasteiger partial charge on any atom is 0.494 e. The highest BCUT2D eigenvalue weighted by Gasteiger charge is 2.25. The lowest BCUT2D eigenvalue weighted by Crippen LogP contribution is -2.31. The Kier molecular flexibility index (Phi) is 5.66. The van der Waals surface area contributed by atoms with Gasteiger partial charge in [0.25, 0.3) is 0 Å². The summed E-state index contributed by atoms with van der Waals surface area (Å²) in [6.45, 7) is 6.15. The van der Waals surface area contributed by atoms with E-state index in [4.69, 9.17) is 30.4 Å². The molecule has 0 atom stereocenters. The monoisotopic (exact) mass is 346 g/mol. The summed E-state index contributed by atoms with van der Waals surface area (Å²) in [7, 11) is -0.256. The van der Waals surface area contributed by atoms with Gasteiger partial charge >= 0.3 is 7.12 Å². The smallest absolute Gasteiger partial charge is 0.490 e. The molecule has 0 spiro atoms. The van der Waals surface area contributed by atoms with Gasteiger partial charge in [0.15, 0.2) is 0 Å². The summed E-state index contributed by atoms with van der Waals surface area (Å²) >= 11 is 6.22. The lowest BCUT2D eigenvalue weighted by Gasteiger charge is -2.13. The molecule has 0 saturated carbocycles. The first-order valence-electron chi connectivity index (χ1n) is 7.99. The molecule has 1 saturated heterocycles. The number of rotatable bonds is 6. The first-order valence-corrected chi connectivity index (χ1v) is 8.37. The van der Waals surface area contributed by atoms with Crippen LogP contribution in [0.4, 0.5) is 0 Å². The highest BCUT2D eigenvalue weighted by atomic mass is 35.5. The number of ether oxygens (including phenoxy) is 2. The molecule has 1 aliphatic rings. The van der Waals surface area contributed by atoms with Crippen LogP contribution in [-0.2, 0) is 9.31 Å². The second-order valence-corrected chi connectivity index (χ2v) is 6.14. The van der Waals surface area contributed by atoms with Gasteiger partial charge in [-0.3, -0.25) is 0 Å². The largest absolute Gasteiger partial charge is 0.494 e. The number of hydrogen-bond donors (Lipinski definition) is 0. The Morgan fingerprint density at radius 3 is 2.33 bits per heavy atom. The molecule has 0 radical (unpaired) electrons. The summed E-state index contributed by atoms with van der Waals surface area (Å²) in [6, 6.07) is 11.7. The van der Waals surface area contributed by atoms with E-state index in [9.17, 15) is 0 Å². The quantitative estimate of drug-likeness (QED) is 0.595. The average molecular weight is 347 g/mol.